The van der Waals surface area contributed by atoms with Crippen LogP contribution in [0, 0.1) is 0 Å². The van der Waals surface area contributed by atoms with Gasteiger partial charge in [0.1, 0.15) is 11.3 Å². The number of nitrogens with one attached hydrogen (secondary N) is 2. The number of nitrogens with zero attached hydrogens (tertiary/aromatic N) is 1. The minimum Gasteiger partial charge on any atom is -0.444 e. The molecule has 1 aromatic carbocycles. The van der Waals surface area contributed by atoms with E-state index in [2.05, 4.69) is 26.2 Å². The quantitative estimate of drug-likeness (QED) is 0.797. The van der Waals surface area contributed by atoms with E-state index in [9.17, 15) is 9.59 Å². The number of carbonyl (C=O) groups is 2. The fourth-order valence-electron chi connectivity index (χ4n) is 2.93. The molecule has 1 fully saturated rings. The van der Waals surface area contributed by atoms with Crippen molar-refractivity contribution in [1.82, 2.24) is 15.2 Å². The summed E-state index contributed by atoms with van der Waals surface area (Å²) < 4.78 is 6.24. The lowest BCUT2D eigenvalue weighted by Crippen LogP contribution is -2.41. The standard InChI is InChI=1S/C18H22BrN3O3/c1-18(2,3)25-17(24)20-13-6-7-22(10-13)16(23)15-9-11-8-12(19)4-5-14(11)21-15/h4-5,8-9,13,21H,6-7,10H2,1-3H3,(H,20,24). The summed E-state index contributed by atoms with van der Waals surface area (Å²) in [6, 6.07) is 7.62. The van der Waals surface area contributed by atoms with E-state index in [0.29, 0.717) is 18.8 Å². The molecule has 1 unspecified atom stereocenters. The first kappa shape index (κ1) is 17.8. The molecule has 0 radical (unpaired) electrons. The number of halogens is 1. The summed E-state index contributed by atoms with van der Waals surface area (Å²) >= 11 is 3.44. The SMILES string of the molecule is CC(C)(C)OC(=O)NC1CCN(C(=O)c2cc3cc(Br)ccc3[nH]2)C1. The van der Waals surface area contributed by atoms with Gasteiger partial charge < -0.3 is 19.9 Å². The number of aromatic amines is 1. The van der Waals surface area contributed by atoms with Crippen molar-refractivity contribution >= 4 is 38.8 Å². The van der Waals surface area contributed by atoms with Crippen LogP contribution in [0.5, 0.6) is 0 Å². The van der Waals surface area contributed by atoms with Crippen molar-refractivity contribution in [1.29, 1.82) is 0 Å². The Labute approximate surface area is 155 Å². The minimum absolute atomic E-state index is 0.0548. The Kier molecular flexibility index (Phi) is 4.77. The highest BCUT2D eigenvalue weighted by Gasteiger charge is 2.30. The van der Waals surface area contributed by atoms with E-state index in [-0.39, 0.29) is 11.9 Å². The first-order chi connectivity index (χ1) is 11.7. The van der Waals surface area contributed by atoms with Crippen LogP contribution in [0.4, 0.5) is 4.79 Å². The molecule has 7 heteroatoms. The lowest BCUT2D eigenvalue weighted by atomic mass is 10.2. The Morgan fingerprint density at radius 3 is 2.80 bits per heavy atom. The zero-order valence-electron chi connectivity index (χ0n) is 14.6. The Morgan fingerprint density at radius 2 is 2.08 bits per heavy atom. The van der Waals surface area contributed by atoms with Crippen LogP contribution in [-0.2, 0) is 4.74 Å². The van der Waals surface area contributed by atoms with E-state index in [1.165, 1.54) is 0 Å². The second-order valence-electron chi connectivity index (χ2n) is 7.30. The second kappa shape index (κ2) is 6.71. The van der Waals surface area contributed by atoms with Crippen LogP contribution in [0.1, 0.15) is 37.7 Å². The van der Waals surface area contributed by atoms with Crippen molar-refractivity contribution in [2.24, 2.45) is 0 Å². The fourth-order valence-corrected chi connectivity index (χ4v) is 3.30. The number of benzene rings is 1. The number of H-pyrrole nitrogens is 1. The highest BCUT2D eigenvalue weighted by Crippen LogP contribution is 2.22. The van der Waals surface area contributed by atoms with Gasteiger partial charge in [-0.1, -0.05) is 15.9 Å². The zero-order valence-corrected chi connectivity index (χ0v) is 16.1. The number of ether oxygens (including phenoxy) is 1. The van der Waals surface area contributed by atoms with E-state index >= 15 is 0 Å². The molecule has 0 aliphatic carbocycles. The summed E-state index contributed by atoms with van der Waals surface area (Å²) in [5.74, 6) is -0.0548. The molecule has 1 aliphatic heterocycles. The molecule has 0 saturated carbocycles. The van der Waals surface area contributed by atoms with Gasteiger partial charge in [0.2, 0.25) is 0 Å². The van der Waals surface area contributed by atoms with Crippen molar-refractivity contribution < 1.29 is 14.3 Å². The molecular weight excluding hydrogens is 386 g/mol. The van der Waals surface area contributed by atoms with Crippen molar-refractivity contribution in [3.05, 3.63) is 34.4 Å². The van der Waals surface area contributed by atoms with E-state index < -0.39 is 11.7 Å². The monoisotopic (exact) mass is 407 g/mol. The number of hydrogen-bond acceptors (Lipinski definition) is 3. The van der Waals surface area contributed by atoms with E-state index in [4.69, 9.17) is 4.74 Å². The first-order valence-corrected chi connectivity index (χ1v) is 9.08. The van der Waals surface area contributed by atoms with Gasteiger partial charge in [-0.25, -0.2) is 4.79 Å². The van der Waals surface area contributed by atoms with E-state index in [0.717, 1.165) is 21.8 Å². The summed E-state index contributed by atoms with van der Waals surface area (Å²) in [4.78, 5) is 29.5. The summed E-state index contributed by atoms with van der Waals surface area (Å²) in [6.07, 6.45) is 0.277. The first-order valence-electron chi connectivity index (χ1n) is 8.28. The summed E-state index contributed by atoms with van der Waals surface area (Å²) in [5.41, 5.74) is 0.955. The highest BCUT2D eigenvalue weighted by molar-refractivity contribution is 9.10. The molecule has 2 heterocycles. The third kappa shape index (κ3) is 4.34. The number of rotatable bonds is 2. The Hall–Kier alpha value is -2.02. The Morgan fingerprint density at radius 1 is 1.32 bits per heavy atom. The lowest BCUT2D eigenvalue weighted by molar-refractivity contribution is 0.0502. The third-order valence-corrected chi connectivity index (χ3v) is 4.50. The molecule has 2 N–H and O–H groups in total. The van der Waals surface area contributed by atoms with Gasteiger partial charge in [0.15, 0.2) is 0 Å². The van der Waals surface area contributed by atoms with Gasteiger partial charge in [-0.3, -0.25) is 4.79 Å². The molecule has 2 amide bonds. The van der Waals surface area contributed by atoms with Gasteiger partial charge in [-0.15, -0.1) is 0 Å². The van der Waals surface area contributed by atoms with Crippen LogP contribution in [0.2, 0.25) is 0 Å². The van der Waals surface area contributed by atoms with Crippen molar-refractivity contribution in [2.45, 2.75) is 38.8 Å². The molecule has 25 heavy (non-hydrogen) atoms. The van der Waals surface area contributed by atoms with Crippen LogP contribution in [0.15, 0.2) is 28.7 Å². The number of amides is 2. The Bertz CT molecular complexity index is 809. The van der Waals surface area contributed by atoms with Crippen LogP contribution in [-0.4, -0.2) is 46.6 Å². The number of carbonyl (C=O) groups excluding carboxylic acids is 2. The van der Waals surface area contributed by atoms with Gasteiger partial charge >= 0.3 is 6.09 Å². The topological polar surface area (TPSA) is 74.4 Å². The number of likely N-dealkylation sites (tertiary alicyclic amines) is 1. The maximum atomic E-state index is 12.7. The average molecular weight is 408 g/mol. The molecule has 134 valence electrons. The van der Waals surface area contributed by atoms with E-state index in [1.54, 1.807) is 4.90 Å². The lowest BCUT2D eigenvalue weighted by Gasteiger charge is -2.22. The van der Waals surface area contributed by atoms with Crippen LogP contribution in [0.25, 0.3) is 10.9 Å². The predicted octanol–water partition coefficient (Wildman–Crippen LogP) is 3.67. The fraction of sp³-hybridized carbons (Fsp3) is 0.444. The maximum absolute atomic E-state index is 12.7. The maximum Gasteiger partial charge on any atom is 0.407 e. The summed E-state index contributed by atoms with van der Waals surface area (Å²) in [7, 11) is 0. The van der Waals surface area contributed by atoms with Crippen molar-refractivity contribution in [2.75, 3.05) is 13.1 Å². The minimum atomic E-state index is -0.531. The second-order valence-corrected chi connectivity index (χ2v) is 8.21. The zero-order chi connectivity index (χ0) is 18.2. The smallest absolute Gasteiger partial charge is 0.407 e. The van der Waals surface area contributed by atoms with Crippen molar-refractivity contribution in [3.63, 3.8) is 0 Å². The number of fused-ring (bicyclic) bond motifs is 1. The third-order valence-electron chi connectivity index (χ3n) is 4.01. The number of hydrogen-bond donors (Lipinski definition) is 2. The molecule has 1 aromatic heterocycles. The molecule has 1 saturated heterocycles. The molecule has 3 rings (SSSR count). The Balaban J connectivity index is 1.62. The van der Waals surface area contributed by atoms with Gasteiger partial charge in [0, 0.05) is 28.5 Å². The molecule has 6 nitrogen and oxygen atoms in total. The normalized spacial score (nSPS) is 17.8. The molecule has 0 bridgehead atoms. The molecule has 1 atom stereocenters. The molecule has 2 aromatic rings. The summed E-state index contributed by atoms with van der Waals surface area (Å²) in [6.45, 7) is 6.57. The van der Waals surface area contributed by atoms with Crippen LogP contribution < -0.4 is 5.32 Å². The number of alkyl carbamates (subject to hydrolysis) is 1. The van der Waals surface area contributed by atoms with Gasteiger partial charge in [0.25, 0.3) is 5.91 Å². The average Bonchev–Trinajstić information content (AvgIpc) is 3.10. The molecule has 1 aliphatic rings. The largest absolute Gasteiger partial charge is 0.444 e. The highest BCUT2D eigenvalue weighted by atomic mass is 79.9. The predicted molar refractivity (Wildman–Crippen MR) is 99.7 cm³/mol. The van der Waals surface area contributed by atoms with Crippen LogP contribution in [0.3, 0.4) is 0 Å². The van der Waals surface area contributed by atoms with Gasteiger partial charge in [-0.05, 0) is 51.5 Å². The summed E-state index contributed by atoms with van der Waals surface area (Å²) in [5, 5.41) is 3.82. The van der Waals surface area contributed by atoms with Crippen LogP contribution >= 0.6 is 15.9 Å². The van der Waals surface area contributed by atoms with Crippen molar-refractivity contribution in [3.8, 4) is 0 Å². The van der Waals surface area contributed by atoms with E-state index in [1.807, 2.05) is 45.0 Å². The van der Waals surface area contributed by atoms with Gasteiger partial charge in [0.05, 0.1) is 6.04 Å². The number of aromatic nitrogens is 1. The molecule has 0 spiro atoms. The van der Waals surface area contributed by atoms with Gasteiger partial charge in [-0.2, -0.15) is 0 Å². The molecular formula is C18H22BrN3O3.